The Labute approximate surface area is 109 Å². The first-order chi connectivity index (χ1) is 8.14. The third-order valence-corrected chi connectivity index (χ3v) is 4.69. The van der Waals surface area contributed by atoms with Crippen molar-refractivity contribution in [1.82, 2.24) is 4.72 Å². The highest BCUT2D eigenvalue weighted by molar-refractivity contribution is 7.89. The summed E-state index contributed by atoms with van der Waals surface area (Å²) in [5.74, 6) is 0.117. The number of hydrogen-bond donors (Lipinski definition) is 1. The van der Waals surface area contributed by atoms with Crippen LogP contribution < -0.4 is 4.72 Å². The van der Waals surface area contributed by atoms with Gasteiger partial charge in [-0.05, 0) is 19.3 Å². The molecule has 0 saturated heterocycles. The summed E-state index contributed by atoms with van der Waals surface area (Å²) in [7, 11) is -3.17. The van der Waals surface area contributed by atoms with E-state index in [-0.39, 0.29) is 11.6 Å². The van der Waals surface area contributed by atoms with Gasteiger partial charge in [0.15, 0.2) is 0 Å². The molecule has 0 bridgehead atoms. The van der Waals surface area contributed by atoms with E-state index in [2.05, 4.69) is 4.72 Å². The van der Waals surface area contributed by atoms with Gasteiger partial charge >= 0.3 is 0 Å². The average Bonchev–Trinajstić information content (AvgIpc) is 2.30. The van der Waals surface area contributed by atoms with Crippen LogP contribution in [0.15, 0.2) is 0 Å². The lowest BCUT2D eigenvalue weighted by Gasteiger charge is -2.21. The number of nitrogens with one attached hydrogen (secondary N) is 1. The molecule has 0 heterocycles. The van der Waals surface area contributed by atoms with Crippen LogP contribution in [0.4, 0.5) is 0 Å². The van der Waals surface area contributed by atoms with Crippen LogP contribution >= 0.6 is 11.6 Å². The third-order valence-electron chi connectivity index (χ3n) is 2.89. The Balaban J connectivity index is 2.00. The highest BCUT2D eigenvalue weighted by atomic mass is 35.5. The molecule has 102 valence electrons. The summed E-state index contributed by atoms with van der Waals surface area (Å²) < 4.78 is 30.7. The summed E-state index contributed by atoms with van der Waals surface area (Å²) in [6.45, 7) is 1.07. The Morgan fingerprint density at radius 1 is 1.24 bits per heavy atom. The average molecular weight is 284 g/mol. The highest BCUT2D eigenvalue weighted by Crippen LogP contribution is 2.20. The van der Waals surface area contributed by atoms with Crippen LogP contribution in [-0.4, -0.2) is 39.3 Å². The van der Waals surface area contributed by atoms with E-state index in [0.29, 0.717) is 19.3 Å². The van der Waals surface area contributed by atoms with Crippen molar-refractivity contribution >= 4 is 21.6 Å². The quantitative estimate of drug-likeness (QED) is 0.547. The molecule has 0 atom stereocenters. The molecule has 0 aromatic heterocycles. The molecule has 6 heteroatoms. The molecule has 0 unspecified atom stereocenters. The molecular weight excluding hydrogens is 262 g/mol. The molecule has 1 rings (SSSR count). The molecule has 1 aliphatic carbocycles. The lowest BCUT2D eigenvalue weighted by Crippen LogP contribution is -2.29. The van der Waals surface area contributed by atoms with Gasteiger partial charge in [0.1, 0.15) is 0 Å². The minimum absolute atomic E-state index is 0.0158. The predicted octanol–water partition coefficient (Wildman–Crippen LogP) is 1.88. The van der Waals surface area contributed by atoms with E-state index >= 15 is 0 Å². The molecule has 0 radical (unpaired) electrons. The van der Waals surface area contributed by atoms with Crippen LogP contribution in [0, 0.1) is 0 Å². The predicted molar refractivity (Wildman–Crippen MR) is 70.0 cm³/mol. The molecule has 1 fully saturated rings. The minimum atomic E-state index is -3.17. The first kappa shape index (κ1) is 15.2. The number of halogens is 1. The van der Waals surface area contributed by atoms with Crippen LogP contribution in [0.3, 0.4) is 0 Å². The first-order valence-electron chi connectivity index (χ1n) is 6.29. The van der Waals surface area contributed by atoms with Crippen molar-refractivity contribution in [3.8, 4) is 0 Å². The monoisotopic (exact) mass is 283 g/mol. The zero-order chi connectivity index (χ0) is 12.6. The first-order valence-corrected chi connectivity index (χ1v) is 8.47. The number of rotatable bonds is 8. The second-order valence-corrected chi connectivity index (χ2v) is 6.69. The van der Waals surface area contributed by atoms with Crippen molar-refractivity contribution in [2.75, 3.05) is 24.8 Å². The van der Waals surface area contributed by atoms with Gasteiger partial charge in [-0.15, -0.1) is 11.6 Å². The number of ether oxygens (including phenoxy) is 1. The van der Waals surface area contributed by atoms with Gasteiger partial charge in [-0.2, -0.15) is 0 Å². The molecule has 0 aliphatic heterocycles. The number of hydrogen-bond acceptors (Lipinski definition) is 3. The van der Waals surface area contributed by atoms with Crippen molar-refractivity contribution in [2.45, 2.75) is 44.6 Å². The fourth-order valence-electron chi connectivity index (χ4n) is 1.96. The normalized spacial score (nSPS) is 18.4. The Morgan fingerprint density at radius 2 is 1.94 bits per heavy atom. The molecule has 0 amide bonds. The van der Waals surface area contributed by atoms with Gasteiger partial charge in [0.05, 0.1) is 11.9 Å². The van der Waals surface area contributed by atoms with Gasteiger partial charge < -0.3 is 4.74 Å². The van der Waals surface area contributed by atoms with E-state index in [0.717, 1.165) is 19.3 Å². The zero-order valence-corrected chi connectivity index (χ0v) is 11.7. The summed E-state index contributed by atoms with van der Waals surface area (Å²) in [6.07, 6.45) is 7.25. The number of alkyl halides is 1. The summed E-state index contributed by atoms with van der Waals surface area (Å²) in [6, 6.07) is 0. The molecule has 1 aliphatic rings. The fraction of sp³-hybridized carbons (Fsp3) is 1.00. The van der Waals surface area contributed by atoms with Gasteiger partial charge in [0, 0.05) is 19.0 Å². The van der Waals surface area contributed by atoms with Crippen LogP contribution in [0.1, 0.15) is 38.5 Å². The maximum Gasteiger partial charge on any atom is 0.212 e. The van der Waals surface area contributed by atoms with E-state index in [9.17, 15) is 8.42 Å². The van der Waals surface area contributed by atoms with Crippen molar-refractivity contribution < 1.29 is 13.2 Å². The van der Waals surface area contributed by atoms with E-state index in [4.69, 9.17) is 16.3 Å². The Kier molecular flexibility index (Phi) is 7.43. The fourth-order valence-corrected chi connectivity index (χ4v) is 3.37. The summed E-state index contributed by atoms with van der Waals surface area (Å²) >= 11 is 5.38. The maximum absolute atomic E-state index is 11.3. The smallest absolute Gasteiger partial charge is 0.212 e. The Bertz CT molecular complexity index is 289. The van der Waals surface area contributed by atoms with Crippen LogP contribution in [0.25, 0.3) is 0 Å². The van der Waals surface area contributed by atoms with Gasteiger partial charge in [-0.25, -0.2) is 13.1 Å². The van der Waals surface area contributed by atoms with Crippen LogP contribution in [-0.2, 0) is 14.8 Å². The van der Waals surface area contributed by atoms with Crippen molar-refractivity contribution in [2.24, 2.45) is 0 Å². The lowest BCUT2D eigenvalue weighted by molar-refractivity contribution is 0.0278. The molecule has 0 aromatic carbocycles. The lowest BCUT2D eigenvalue weighted by atomic mass is 9.98. The zero-order valence-electron chi connectivity index (χ0n) is 10.2. The standard InChI is InChI=1S/C11H22ClNO3S/c12-7-10-17(14,15)13-8-4-9-16-11-5-2-1-3-6-11/h11,13H,1-10H2. The molecule has 17 heavy (non-hydrogen) atoms. The second-order valence-electron chi connectivity index (χ2n) is 4.39. The SMILES string of the molecule is O=S(=O)(CCCl)NCCCOC1CCCCC1. The van der Waals surface area contributed by atoms with Crippen molar-refractivity contribution in [3.63, 3.8) is 0 Å². The largest absolute Gasteiger partial charge is 0.378 e. The molecule has 4 nitrogen and oxygen atoms in total. The number of sulfonamides is 1. The highest BCUT2D eigenvalue weighted by Gasteiger charge is 2.13. The van der Waals surface area contributed by atoms with Crippen LogP contribution in [0.2, 0.25) is 0 Å². The summed E-state index contributed by atoms with van der Waals surface area (Å²) in [5.41, 5.74) is 0. The Hall–Kier alpha value is 0.160. The van der Waals surface area contributed by atoms with Crippen LogP contribution in [0.5, 0.6) is 0 Å². The van der Waals surface area contributed by atoms with Crippen molar-refractivity contribution in [3.05, 3.63) is 0 Å². The van der Waals surface area contributed by atoms with E-state index in [1.807, 2.05) is 0 Å². The van der Waals surface area contributed by atoms with Gasteiger partial charge in [0.2, 0.25) is 10.0 Å². The van der Waals surface area contributed by atoms with Crippen molar-refractivity contribution in [1.29, 1.82) is 0 Å². The summed E-state index contributed by atoms with van der Waals surface area (Å²) in [5, 5.41) is 0. The van der Waals surface area contributed by atoms with E-state index < -0.39 is 10.0 Å². The molecular formula is C11H22ClNO3S. The molecule has 0 spiro atoms. The molecule has 1 N–H and O–H groups in total. The molecule has 1 saturated carbocycles. The third kappa shape index (κ3) is 7.24. The minimum Gasteiger partial charge on any atom is -0.378 e. The Morgan fingerprint density at radius 3 is 2.59 bits per heavy atom. The second kappa shape index (κ2) is 8.29. The van der Waals surface area contributed by atoms with Gasteiger partial charge in [0.25, 0.3) is 0 Å². The summed E-state index contributed by atoms with van der Waals surface area (Å²) in [4.78, 5) is 0. The maximum atomic E-state index is 11.3. The van der Waals surface area contributed by atoms with Gasteiger partial charge in [-0.3, -0.25) is 0 Å². The van der Waals surface area contributed by atoms with Gasteiger partial charge in [-0.1, -0.05) is 19.3 Å². The van der Waals surface area contributed by atoms with E-state index in [1.54, 1.807) is 0 Å². The molecule has 0 aromatic rings. The van der Waals surface area contributed by atoms with E-state index in [1.165, 1.54) is 19.3 Å². The topological polar surface area (TPSA) is 55.4 Å².